The number of aromatic amines is 1. The SMILES string of the molecule is CCOC(=O)N1CCN(C(=O)c2cc(=O)[nH]c3ccccc23)CC1. The highest BCUT2D eigenvalue weighted by Crippen LogP contribution is 2.17. The third-order valence-electron chi connectivity index (χ3n) is 4.07. The number of hydrogen-bond donors (Lipinski definition) is 1. The second-order valence-corrected chi connectivity index (χ2v) is 5.57. The summed E-state index contributed by atoms with van der Waals surface area (Å²) < 4.78 is 4.97. The highest BCUT2D eigenvalue weighted by Gasteiger charge is 2.26. The van der Waals surface area contributed by atoms with Gasteiger partial charge in [0.1, 0.15) is 0 Å². The topological polar surface area (TPSA) is 82.7 Å². The first kappa shape index (κ1) is 16.0. The first-order valence-electron chi connectivity index (χ1n) is 7.93. The average molecular weight is 329 g/mol. The van der Waals surface area contributed by atoms with E-state index in [0.717, 1.165) is 5.39 Å². The lowest BCUT2D eigenvalue weighted by Crippen LogP contribution is -2.50. The molecule has 1 aromatic carbocycles. The summed E-state index contributed by atoms with van der Waals surface area (Å²) in [5.74, 6) is -0.194. The highest BCUT2D eigenvalue weighted by molar-refractivity contribution is 6.06. The molecule has 0 aliphatic carbocycles. The maximum Gasteiger partial charge on any atom is 0.409 e. The number of benzene rings is 1. The molecule has 0 bridgehead atoms. The molecule has 7 nitrogen and oxygen atoms in total. The van der Waals surface area contributed by atoms with Crippen LogP contribution in [0.2, 0.25) is 0 Å². The normalized spacial score (nSPS) is 14.7. The van der Waals surface area contributed by atoms with Gasteiger partial charge in [-0.2, -0.15) is 0 Å². The lowest BCUT2D eigenvalue weighted by molar-refractivity contribution is 0.0572. The predicted molar refractivity (Wildman–Crippen MR) is 89.1 cm³/mol. The minimum Gasteiger partial charge on any atom is -0.450 e. The van der Waals surface area contributed by atoms with Crippen LogP contribution in [0.3, 0.4) is 0 Å². The van der Waals surface area contributed by atoms with E-state index in [1.54, 1.807) is 22.8 Å². The number of piperazine rings is 1. The molecule has 1 N–H and O–H groups in total. The van der Waals surface area contributed by atoms with E-state index in [1.165, 1.54) is 6.07 Å². The number of nitrogens with one attached hydrogen (secondary N) is 1. The zero-order valence-electron chi connectivity index (χ0n) is 13.4. The van der Waals surface area contributed by atoms with Crippen LogP contribution in [0.1, 0.15) is 17.3 Å². The van der Waals surface area contributed by atoms with Crippen molar-refractivity contribution < 1.29 is 14.3 Å². The molecule has 1 fully saturated rings. The van der Waals surface area contributed by atoms with Gasteiger partial charge in [-0.15, -0.1) is 0 Å². The number of carbonyl (C=O) groups excluding carboxylic acids is 2. The van der Waals surface area contributed by atoms with Crippen LogP contribution in [0.5, 0.6) is 0 Å². The molecule has 24 heavy (non-hydrogen) atoms. The molecule has 0 atom stereocenters. The fraction of sp³-hybridized carbons (Fsp3) is 0.353. The van der Waals surface area contributed by atoms with E-state index in [2.05, 4.69) is 4.98 Å². The Hall–Kier alpha value is -2.83. The molecule has 126 valence electrons. The summed E-state index contributed by atoms with van der Waals surface area (Å²) in [5, 5.41) is 0.718. The van der Waals surface area contributed by atoms with E-state index in [9.17, 15) is 14.4 Å². The van der Waals surface area contributed by atoms with Crippen LogP contribution in [0.25, 0.3) is 10.9 Å². The number of pyridine rings is 1. The zero-order valence-corrected chi connectivity index (χ0v) is 13.4. The molecular formula is C17H19N3O4. The van der Waals surface area contributed by atoms with Crippen molar-refractivity contribution in [2.45, 2.75) is 6.92 Å². The standard InChI is InChI=1S/C17H19N3O4/c1-2-24-17(23)20-9-7-19(8-10-20)16(22)13-11-15(21)18-14-6-4-3-5-12(13)14/h3-6,11H,2,7-10H2,1H3,(H,18,21). The maximum atomic E-state index is 12.8. The van der Waals surface area contributed by atoms with Gasteiger partial charge >= 0.3 is 6.09 Å². The van der Waals surface area contributed by atoms with Gasteiger partial charge in [-0.05, 0) is 13.0 Å². The Morgan fingerprint density at radius 2 is 1.79 bits per heavy atom. The Bertz CT molecular complexity index is 822. The number of carbonyl (C=O) groups is 2. The van der Waals surface area contributed by atoms with Crippen LogP contribution in [0, 0.1) is 0 Å². The van der Waals surface area contributed by atoms with Crippen LogP contribution >= 0.6 is 0 Å². The number of fused-ring (bicyclic) bond motifs is 1. The molecule has 1 aromatic heterocycles. The van der Waals surface area contributed by atoms with Crippen LogP contribution in [0.15, 0.2) is 35.1 Å². The van der Waals surface area contributed by atoms with E-state index in [4.69, 9.17) is 4.74 Å². The van der Waals surface area contributed by atoms with Crippen molar-refractivity contribution in [1.82, 2.24) is 14.8 Å². The number of H-pyrrole nitrogens is 1. The summed E-state index contributed by atoms with van der Waals surface area (Å²) in [6.07, 6.45) is -0.355. The molecule has 0 saturated carbocycles. The molecule has 0 radical (unpaired) electrons. The van der Waals surface area contributed by atoms with E-state index in [0.29, 0.717) is 43.9 Å². The molecule has 1 saturated heterocycles. The Balaban J connectivity index is 1.79. The quantitative estimate of drug-likeness (QED) is 0.904. The van der Waals surface area contributed by atoms with E-state index in [-0.39, 0.29) is 17.6 Å². The van der Waals surface area contributed by atoms with Gasteiger partial charge in [0.05, 0.1) is 12.2 Å². The number of nitrogens with zero attached hydrogens (tertiary/aromatic N) is 2. The second kappa shape index (κ2) is 6.74. The van der Waals surface area contributed by atoms with E-state index < -0.39 is 0 Å². The van der Waals surface area contributed by atoms with Crippen LogP contribution in [0.4, 0.5) is 4.79 Å². The Kier molecular flexibility index (Phi) is 4.50. The molecule has 2 aromatic rings. The van der Waals surface area contributed by atoms with Crippen molar-refractivity contribution in [2.75, 3.05) is 32.8 Å². The highest BCUT2D eigenvalue weighted by atomic mass is 16.6. The van der Waals surface area contributed by atoms with Crippen molar-refractivity contribution in [3.8, 4) is 0 Å². The van der Waals surface area contributed by atoms with Gasteiger partial charge in [0.2, 0.25) is 5.56 Å². The predicted octanol–water partition coefficient (Wildman–Crippen LogP) is 1.44. The van der Waals surface area contributed by atoms with Crippen LogP contribution in [-0.2, 0) is 4.74 Å². The fourth-order valence-electron chi connectivity index (χ4n) is 2.86. The molecule has 7 heteroatoms. The maximum absolute atomic E-state index is 12.8. The number of aromatic nitrogens is 1. The van der Waals surface area contributed by atoms with Gasteiger partial charge in [0.25, 0.3) is 5.91 Å². The smallest absolute Gasteiger partial charge is 0.409 e. The number of para-hydroxylation sites is 1. The summed E-state index contributed by atoms with van der Waals surface area (Å²) in [6, 6.07) is 8.56. The van der Waals surface area contributed by atoms with Gasteiger partial charge in [-0.3, -0.25) is 9.59 Å². The lowest BCUT2D eigenvalue weighted by atomic mass is 10.1. The minimum absolute atomic E-state index is 0.194. The molecular weight excluding hydrogens is 310 g/mol. The summed E-state index contributed by atoms with van der Waals surface area (Å²) >= 11 is 0. The number of rotatable bonds is 2. The Morgan fingerprint density at radius 3 is 2.50 bits per heavy atom. The Morgan fingerprint density at radius 1 is 1.12 bits per heavy atom. The third-order valence-corrected chi connectivity index (χ3v) is 4.07. The largest absolute Gasteiger partial charge is 0.450 e. The van der Waals surface area contributed by atoms with Crippen LogP contribution < -0.4 is 5.56 Å². The molecule has 2 amide bonds. The van der Waals surface area contributed by atoms with E-state index >= 15 is 0 Å². The lowest BCUT2D eigenvalue weighted by Gasteiger charge is -2.34. The van der Waals surface area contributed by atoms with Gasteiger partial charge in [0.15, 0.2) is 0 Å². The van der Waals surface area contributed by atoms with Crippen molar-refractivity contribution in [3.63, 3.8) is 0 Å². The summed E-state index contributed by atoms with van der Waals surface area (Å²) in [4.78, 5) is 42.3. The van der Waals surface area contributed by atoms with Gasteiger partial charge in [-0.1, -0.05) is 18.2 Å². The van der Waals surface area contributed by atoms with Crippen molar-refractivity contribution in [1.29, 1.82) is 0 Å². The Labute approximate surface area is 138 Å². The molecule has 0 unspecified atom stereocenters. The third kappa shape index (κ3) is 3.10. The second-order valence-electron chi connectivity index (χ2n) is 5.57. The molecule has 1 aliphatic rings. The first-order valence-corrected chi connectivity index (χ1v) is 7.93. The van der Waals surface area contributed by atoms with Gasteiger partial charge in [0, 0.05) is 43.1 Å². The molecule has 0 spiro atoms. The monoisotopic (exact) mass is 329 g/mol. The number of amides is 2. The average Bonchev–Trinajstić information content (AvgIpc) is 2.60. The zero-order chi connectivity index (χ0) is 17.1. The van der Waals surface area contributed by atoms with Crippen molar-refractivity contribution >= 4 is 22.9 Å². The molecule has 3 rings (SSSR count). The van der Waals surface area contributed by atoms with Crippen LogP contribution in [-0.4, -0.2) is 59.6 Å². The number of ether oxygens (including phenoxy) is 1. The summed E-state index contributed by atoms with van der Waals surface area (Å²) in [5.41, 5.74) is 0.722. The fourth-order valence-corrected chi connectivity index (χ4v) is 2.86. The van der Waals surface area contributed by atoms with Gasteiger partial charge in [-0.25, -0.2) is 4.79 Å². The summed E-state index contributed by atoms with van der Waals surface area (Å²) in [7, 11) is 0. The minimum atomic E-state index is -0.355. The van der Waals surface area contributed by atoms with Gasteiger partial charge < -0.3 is 19.5 Å². The number of hydrogen-bond acceptors (Lipinski definition) is 4. The first-order chi connectivity index (χ1) is 11.6. The molecule has 1 aliphatic heterocycles. The van der Waals surface area contributed by atoms with Crippen molar-refractivity contribution in [2.24, 2.45) is 0 Å². The summed E-state index contributed by atoms with van der Waals surface area (Å²) in [6.45, 7) is 3.77. The van der Waals surface area contributed by atoms with Crippen molar-refractivity contribution in [3.05, 3.63) is 46.2 Å². The molecule has 2 heterocycles. The van der Waals surface area contributed by atoms with E-state index in [1.807, 2.05) is 18.2 Å².